The topological polar surface area (TPSA) is 125 Å². The van der Waals surface area contributed by atoms with E-state index in [1.54, 1.807) is 25.1 Å². The molecule has 114 valence electrons. The fraction of sp³-hybridized carbons (Fsp3) is 0.385. The zero-order chi connectivity index (χ0) is 15.9. The smallest absolute Gasteiger partial charge is 0.253 e. The van der Waals surface area contributed by atoms with Gasteiger partial charge in [-0.1, -0.05) is 19.1 Å². The number of carbonyl (C=O) groups excluding carboxylic acids is 1. The summed E-state index contributed by atoms with van der Waals surface area (Å²) < 4.78 is 26.4. The SMILES string of the molecule is CCC(C#N)S(=O)(=O)Nc1ccccc1C(=O)NCCN. The van der Waals surface area contributed by atoms with Crippen LogP contribution in [0.15, 0.2) is 24.3 Å². The largest absolute Gasteiger partial charge is 0.351 e. The van der Waals surface area contributed by atoms with Crippen molar-refractivity contribution in [1.29, 1.82) is 5.26 Å². The fourth-order valence-corrected chi connectivity index (χ4v) is 2.86. The van der Waals surface area contributed by atoms with Crippen molar-refractivity contribution in [3.8, 4) is 6.07 Å². The molecule has 0 spiro atoms. The standard InChI is InChI=1S/C13H18N4O3S/c1-2-10(9-15)21(19,20)17-12-6-4-3-5-11(12)13(18)16-8-7-14/h3-6,10,17H,2,7-8,14H2,1H3,(H,16,18). The number of nitrogens with zero attached hydrogens (tertiary/aromatic N) is 1. The van der Waals surface area contributed by atoms with E-state index < -0.39 is 21.2 Å². The molecule has 0 aromatic heterocycles. The van der Waals surface area contributed by atoms with E-state index in [0.29, 0.717) is 0 Å². The minimum absolute atomic E-state index is 0.140. The normalized spacial score (nSPS) is 12.2. The average molecular weight is 310 g/mol. The molecule has 1 rings (SSSR count). The van der Waals surface area contributed by atoms with Crippen LogP contribution in [0.3, 0.4) is 0 Å². The van der Waals surface area contributed by atoms with Gasteiger partial charge < -0.3 is 11.1 Å². The number of nitriles is 1. The first kappa shape index (κ1) is 16.9. The van der Waals surface area contributed by atoms with E-state index in [0.717, 1.165) is 0 Å². The van der Waals surface area contributed by atoms with Crippen LogP contribution in [0, 0.1) is 11.3 Å². The minimum Gasteiger partial charge on any atom is -0.351 e. The van der Waals surface area contributed by atoms with Crippen LogP contribution in [-0.4, -0.2) is 32.7 Å². The van der Waals surface area contributed by atoms with E-state index in [1.807, 2.05) is 0 Å². The summed E-state index contributed by atoms with van der Waals surface area (Å²) in [7, 11) is -3.87. The van der Waals surface area contributed by atoms with Gasteiger partial charge in [0.05, 0.1) is 17.3 Å². The summed E-state index contributed by atoms with van der Waals surface area (Å²) in [6.07, 6.45) is 0.160. The molecule has 4 N–H and O–H groups in total. The molecule has 0 heterocycles. The molecule has 1 atom stereocenters. The molecular formula is C13H18N4O3S. The molecule has 1 unspecified atom stereocenters. The van der Waals surface area contributed by atoms with Gasteiger partial charge in [-0.3, -0.25) is 9.52 Å². The van der Waals surface area contributed by atoms with Crippen LogP contribution < -0.4 is 15.8 Å². The molecule has 1 amide bonds. The maximum absolute atomic E-state index is 12.1. The van der Waals surface area contributed by atoms with Crippen molar-refractivity contribution in [3.05, 3.63) is 29.8 Å². The molecule has 21 heavy (non-hydrogen) atoms. The molecular weight excluding hydrogens is 292 g/mol. The van der Waals surface area contributed by atoms with Crippen molar-refractivity contribution in [2.24, 2.45) is 5.73 Å². The number of hydrogen-bond donors (Lipinski definition) is 3. The highest BCUT2D eigenvalue weighted by atomic mass is 32.2. The van der Waals surface area contributed by atoms with Gasteiger partial charge in [-0.2, -0.15) is 5.26 Å². The lowest BCUT2D eigenvalue weighted by Gasteiger charge is -2.14. The minimum atomic E-state index is -3.87. The van der Waals surface area contributed by atoms with Crippen LogP contribution in [-0.2, 0) is 10.0 Å². The van der Waals surface area contributed by atoms with E-state index in [2.05, 4.69) is 10.0 Å². The first-order valence-corrected chi connectivity index (χ1v) is 7.99. The summed E-state index contributed by atoms with van der Waals surface area (Å²) in [6.45, 7) is 2.18. The molecule has 8 heteroatoms. The Morgan fingerprint density at radius 3 is 2.67 bits per heavy atom. The monoisotopic (exact) mass is 310 g/mol. The van der Waals surface area contributed by atoms with E-state index in [1.165, 1.54) is 12.1 Å². The van der Waals surface area contributed by atoms with Crippen molar-refractivity contribution >= 4 is 21.6 Å². The van der Waals surface area contributed by atoms with Crippen molar-refractivity contribution in [3.63, 3.8) is 0 Å². The van der Waals surface area contributed by atoms with E-state index in [9.17, 15) is 13.2 Å². The van der Waals surface area contributed by atoms with Crippen molar-refractivity contribution in [2.75, 3.05) is 17.8 Å². The molecule has 0 saturated carbocycles. The second-order valence-electron chi connectivity index (χ2n) is 4.26. The Morgan fingerprint density at radius 1 is 1.43 bits per heavy atom. The number of amides is 1. The number of rotatable bonds is 7. The zero-order valence-corrected chi connectivity index (χ0v) is 12.5. The van der Waals surface area contributed by atoms with Crippen LogP contribution in [0.2, 0.25) is 0 Å². The van der Waals surface area contributed by atoms with E-state index >= 15 is 0 Å². The predicted molar refractivity (Wildman–Crippen MR) is 80.1 cm³/mol. The van der Waals surface area contributed by atoms with Gasteiger partial charge in [0.15, 0.2) is 5.25 Å². The van der Waals surface area contributed by atoms with Gasteiger partial charge in [0.25, 0.3) is 5.91 Å². The Balaban J connectivity index is 3.05. The number of sulfonamides is 1. The molecule has 0 radical (unpaired) electrons. The molecule has 0 aliphatic heterocycles. The van der Waals surface area contributed by atoms with Crippen molar-refractivity contribution < 1.29 is 13.2 Å². The van der Waals surface area contributed by atoms with Gasteiger partial charge in [-0.05, 0) is 18.6 Å². The van der Waals surface area contributed by atoms with Gasteiger partial charge in [0.1, 0.15) is 0 Å². The number of para-hydroxylation sites is 1. The second kappa shape index (κ2) is 7.61. The number of benzene rings is 1. The maximum Gasteiger partial charge on any atom is 0.253 e. The lowest BCUT2D eigenvalue weighted by molar-refractivity contribution is 0.0955. The lowest BCUT2D eigenvalue weighted by Crippen LogP contribution is -2.31. The molecule has 0 saturated heterocycles. The van der Waals surface area contributed by atoms with Crippen LogP contribution in [0.25, 0.3) is 0 Å². The van der Waals surface area contributed by atoms with Crippen LogP contribution in [0.4, 0.5) is 5.69 Å². The third-order valence-electron chi connectivity index (χ3n) is 2.74. The highest BCUT2D eigenvalue weighted by molar-refractivity contribution is 7.93. The molecule has 0 aliphatic rings. The van der Waals surface area contributed by atoms with Gasteiger partial charge >= 0.3 is 0 Å². The van der Waals surface area contributed by atoms with Crippen LogP contribution >= 0.6 is 0 Å². The molecule has 0 fully saturated rings. The summed E-state index contributed by atoms with van der Waals surface area (Å²) in [6, 6.07) is 7.92. The Kier molecular flexibility index (Phi) is 6.14. The summed E-state index contributed by atoms with van der Waals surface area (Å²) >= 11 is 0. The first-order chi connectivity index (χ1) is 9.96. The Bertz CT molecular complexity index is 637. The Hall–Kier alpha value is -2.11. The third kappa shape index (κ3) is 4.44. The summed E-state index contributed by atoms with van der Waals surface area (Å²) in [4.78, 5) is 12.0. The number of carbonyl (C=O) groups is 1. The summed E-state index contributed by atoms with van der Waals surface area (Å²) in [5.74, 6) is -0.427. The van der Waals surface area contributed by atoms with E-state index in [-0.39, 0.29) is 30.8 Å². The van der Waals surface area contributed by atoms with E-state index in [4.69, 9.17) is 11.0 Å². The Morgan fingerprint density at radius 2 is 2.10 bits per heavy atom. The van der Waals surface area contributed by atoms with Crippen molar-refractivity contribution in [2.45, 2.75) is 18.6 Å². The Labute approximate surface area is 124 Å². The maximum atomic E-state index is 12.1. The molecule has 1 aromatic rings. The van der Waals surface area contributed by atoms with Crippen LogP contribution in [0.5, 0.6) is 0 Å². The molecule has 1 aromatic carbocycles. The average Bonchev–Trinajstić information content (AvgIpc) is 2.45. The van der Waals surface area contributed by atoms with Crippen LogP contribution in [0.1, 0.15) is 23.7 Å². The van der Waals surface area contributed by atoms with Gasteiger partial charge in [0.2, 0.25) is 10.0 Å². The lowest BCUT2D eigenvalue weighted by atomic mass is 10.1. The summed E-state index contributed by atoms with van der Waals surface area (Å²) in [5, 5.41) is 10.3. The fourth-order valence-electron chi connectivity index (χ4n) is 1.66. The second-order valence-corrected chi connectivity index (χ2v) is 6.13. The number of nitrogens with two attached hydrogens (primary N) is 1. The molecule has 7 nitrogen and oxygen atoms in total. The zero-order valence-electron chi connectivity index (χ0n) is 11.7. The highest BCUT2D eigenvalue weighted by Crippen LogP contribution is 2.18. The van der Waals surface area contributed by atoms with Gasteiger partial charge in [-0.25, -0.2) is 8.42 Å². The summed E-state index contributed by atoms with van der Waals surface area (Å²) in [5.41, 5.74) is 5.63. The first-order valence-electron chi connectivity index (χ1n) is 6.44. The number of nitrogens with one attached hydrogen (secondary N) is 2. The molecule has 0 aliphatic carbocycles. The van der Waals surface area contributed by atoms with Crippen molar-refractivity contribution in [1.82, 2.24) is 5.32 Å². The quantitative estimate of drug-likeness (QED) is 0.673. The third-order valence-corrected chi connectivity index (χ3v) is 4.44. The molecule has 0 bridgehead atoms. The van der Waals surface area contributed by atoms with Gasteiger partial charge in [-0.15, -0.1) is 0 Å². The highest BCUT2D eigenvalue weighted by Gasteiger charge is 2.25. The predicted octanol–water partition coefficient (Wildman–Crippen LogP) is 0.419. The number of hydrogen-bond acceptors (Lipinski definition) is 5. The van der Waals surface area contributed by atoms with Gasteiger partial charge in [0, 0.05) is 13.1 Å². The number of anilines is 1.